The van der Waals surface area contributed by atoms with Crippen molar-refractivity contribution >= 4 is 0 Å². The van der Waals surface area contributed by atoms with Crippen molar-refractivity contribution in [3.8, 4) is 0 Å². The minimum atomic E-state index is 0.320. The van der Waals surface area contributed by atoms with Crippen molar-refractivity contribution in [1.29, 1.82) is 0 Å². The minimum absolute atomic E-state index is 0.320. The molecule has 0 spiro atoms. The first-order valence-corrected chi connectivity index (χ1v) is 7.04. The van der Waals surface area contributed by atoms with Crippen molar-refractivity contribution in [2.24, 2.45) is 5.92 Å². The summed E-state index contributed by atoms with van der Waals surface area (Å²) in [5.74, 6) is 0.725. The van der Waals surface area contributed by atoms with E-state index < -0.39 is 0 Å². The van der Waals surface area contributed by atoms with Gasteiger partial charge in [0.2, 0.25) is 0 Å². The summed E-state index contributed by atoms with van der Waals surface area (Å²) in [5.41, 5.74) is 0. The van der Waals surface area contributed by atoms with Crippen molar-refractivity contribution in [3.63, 3.8) is 0 Å². The first-order valence-electron chi connectivity index (χ1n) is 7.04. The summed E-state index contributed by atoms with van der Waals surface area (Å²) in [4.78, 5) is 0. The Morgan fingerprint density at radius 3 is 2.53 bits per heavy atom. The number of hydrogen-bond donors (Lipinski definition) is 1. The third kappa shape index (κ3) is 7.02. The van der Waals surface area contributed by atoms with Crippen LogP contribution in [-0.4, -0.2) is 38.0 Å². The van der Waals surface area contributed by atoms with Crippen molar-refractivity contribution in [2.75, 3.05) is 19.8 Å². The normalized spacial score (nSPS) is 25.1. The van der Waals surface area contributed by atoms with Gasteiger partial charge in [-0.15, -0.1) is 0 Å². The zero-order chi connectivity index (χ0) is 12.7. The Kier molecular flexibility index (Phi) is 7.09. The fourth-order valence-electron chi connectivity index (χ4n) is 1.95. The number of rotatable bonds is 8. The van der Waals surface area contributed by atoms with Crippen LogP contribution >= 0.6 is 0 Å². The zero-order valence-electron chi connectivity index (χ0n) is 11.9. The Morgan fingerprint density at radius 2 is 1.88 bits per heavy atom. The van der Waals surface area contributed by atoms with Gasteiger partial charge in [-0.3, -0.25) is 0 Å². The summed E-state index contributed by atoms with van der Waals surface area (Å²) in [6, 6.07) is 0.542. The SMILES string of the molecule is CC(C)CCOCC1CCC(CNC(C)C)O1. The van der Waals surface area contributed by atoms with E-state index in [-0.39, 0.29) is 0 Å². The lowest BCUT2D eigenvalue weighted by Gasteiger charge is -2.16. The number of nitrogens with one attached hydrogen (secondary N) is 1. The molecule has 0 saturated carbocycles. The smallest absolute Gasteiger partial charge is 0.0813 e. The maximum Gasteiger partial charge on any atom is 0.0813 e. The fourth-order valence-corrected chi connectivity index (χ4v) is 1.95. The number of ether oxygens (including phenoxy) is 2. The van der Waals surface area contributed by atoms with Gasteiger partial charge in [0.15, 0.2) is 0 Å². The summed E-state index contributed by atoms with van der Waals surface area (Å²) >= 11 is 0. The second kappa shape index (κ2) is 8.06. The molecule has 0 bridgehead atoms. The van der Waals surface area contributed by atoms with E-state index in [9.17, 15) is 0 Å². The van der Waals surface area contributed by atoms with Crippen LogP contribution in [0.25, 0.3) is 0 Å². The maximum absolute atomic E-state index is 5.93. The molecule has 102 valence electrons. The molecule has 1 saturated heterocycles. The van der Waals surface area contributed by atoms with Crippen LogP contribution in [0.4, 0.5) is 0 Å². The Hall–Kier alpha value is -0.120. The van der Waals surface area contributed by atoms with Gasteiger partial charge in [0, 0.05) is 19.2 Å². The van der Waals surface area contributed by atoms with Gasteiger partial charge in [-0.05, 0) is 25.2 Å². The molecule has 1 rings (SSSR count). The topological polar surface area (TPSA) is 30.5 Å². The van der Waals surface area contributed by atoms with E-state index in [2.05, 4.69) is 33.0 Å². The third-order valence-corrected chi connectivity index (χ3v) is 3.09. The Labute approximate surface area is 106 Å². The lowest BCUT2D eigenvalue weighted by molar-refractivity contribution is -0.0165. The van der Waals surface area contributed by atoms with Crippen LogP contribution in [0.5, 0.6) is 0 Å². The first-order chi connectivity index (χ1) is 8.08. The van der Waals surface area contributed by atoms with Gasteiger partial charge >= 0.3 is 0 Å². The van der Waals surface area contributed by atoms with E-state index in [0.717, 1.165) is 44.9 Å². The molecule has 17 heavy (non-hydrogen) atoms. The molecule has 1 N–H and O–H groups in total. The minimum Gasteiger partial charge on any atom is -0.379 e. The molecule has 1 heterocycles. The second-order valence-corrected chi connectivity index (χ2v) is 5.78. The molecule has 2 atom stereocenters. The van der Waals surface area contributed by atoms with Crippen LogP contribution in [0, 0.1) is 5.92 Å². The standard InChI is InChI=1S/C14H29NO2/c1-11(2)7-8-16-10-14-6-5-13(17-14)9-15-12(3)4/h11-15H,5-10H2,1-4H3. The van der Waals surface area contributed by atoms with E-state index in [4.69, 9.17) is 9.47 Å². The zero-order valence-corrected chi connectivity index (χ0v) is 11.9. The quantitative estimate of drug-likeness (QED) is 0.665. The molecule has 3 nitrogen and oxygen atoms in total. The van der Waals surface area contributed by atoms with Crippen molar-refractivity contribution in [2.45, 2.75) is 65.2 Å². The van der Waals surface area contributed by atoms with E-state index in [1.54, 1.807) is 0 Å². The highest BCUT2D eigenvalue weighted by Gasteiger charge is 2.25. The van der Waals surface area contributed by atoms with Crippen LogP contribution in [0.2, 0.25) is 0 Å². The molecule has 0 aromatic carbocycles. The molecule has 1 aliphatic rings. The second-order valence-electron chi connectivity index (χ2n) is 5.78. The van der Waals surface area contributed by atoms with E-state index in [0.29, 0.717) is 18.2 Å². The molecule has 3 heteroatoms. The highest BCUT2D eigenvalue weighted by molar-refractivity contribution is 4.75. The molecular formula is C14H29NO2. The molecule has 0 aromatic heterocycles. The van der Waals surface area contributed by atoms with Gasteiger partial charge < -0.3 is 14.8 Å². The average molecular weight is 243 g/mol. The van der Waals surface area contributed by atoms with Gasteiger partial charge in [0.1, 0.15) is 0 Å². The number of hydrogen-bond acceptors (Lipinski definition) is 3. The predicted octanol–water partition coefficient (Wildman–Crippen LogP) is 2.59. The molecule has 0 amide bonds. The molecular weight excluding hydrogens is 214 g/mol. The Morgan fingerprint density at radius 1 is 1.18 bits per heavy atom. The average Bonchev–Trinajstić information content (AvgIpc) is 2.69. The van der Waals surface area contributed by atoms with Crippen LogP contribution < -0.4 is 5.32 Å². The summed E-state index contributed by atoms with van der Waals surface area (Å²) in [6.07, 6.45) is 4.16. The highest BCUT2D eigenvalue weighted by Crippen LogP contribution is 2.19. The lowest BCUT2D eigenvalue weighted by Crippen LogP contribution is -2.32. The Balaban J connectivity index is 2.01. The lowest BCUT2D eigenvalue weighted by atomic mass is 10.1. The molecule has 0 aromatic rings. The molecule has 1 aliphatic heterocycles. The van der Waals surface area contributed by atoms with Crippen molar-refractivity contribution in [1.82, 2.24) is 5.32 Å². The van der Waals surface area contributed by atoms with Crippen molar-refractivity contribution in [3.05, 3.63) is 0 Å². The van der Waals surface area contributed by atoms with Crippen LogP contribution in [0.15, 0.2) is 0 Å². The van der Waals surface area contributed by atoms with Gasteiger partial charge in [-0.1, -0.05) is 27.7 Å². The van der Waals surface area contributed by atoms with Gasteiger partial charge in [-0.2, -0.15) is 0 Å². The first kappa shape index (κ1) is 14.9. The summed E-state index contributed by atoms with van der Waals surface area (Å²) in [7, 11) is 0. The third-order valence-electron chi connectivity index (χ3n) is 3.09. The van der Waals surface area contributed by atoms with Gasteiger partial charge in [-0.25, -0.2) is 0 Å². The van der Waals surface area contributed by atoms with Crippen LogP contribution in [-0.2, 0) is 9.47 Å². The Bertz CT molecular complexity index is 195. The molecule has 0 radical (unpaired) electrons. The van der Waals surface area contributed by atoms with Gasteiger partial charge in [0.05, 0.1) is 18.8 Å². The van der Waals surface area contributed by atoms with E-state index in [1.165, 1.54) is 0 Å². The largest absolute Gasteiger partial charge is 0.379 e. The predicted molar refractivity (Wildman–Crippen MR) is 71.3 cm³/mol. The summed E-state index contributed by atoms with van der Waals surface area (Å²) in [5, 5.41) is 3.42. The maximum atomic E-state index is 5.93. The molecule has 2 unspecified atom stereocenters. The monoisotopic (exact) mass is 243 g/mol. The van der Waals surface area contributed by atoms with E-state index in [1.807, 2.05) is 0 Å². The summed E-state index contributed by atoms with van der Waals surface area (Å²) < 4.78 is 11.6. The molecule has 1 fully saturated rings. The van der Waals surface area contributed by atoms with Crippen LogP contribution in [0.3, 0.4) is 0 Å². The van der Waals surface area contributed by atoms with Gasteiger partial charge in [0.25, 0.3) is 0 Å². The highest BCUT2D eigenvalue weighted by atomic mass is 16.5. The van der Waals surface area contributed by atoms with Crippen LogP contribution in [0.1, 0.15) is 47.0 Å². The fraction of sp³-hybridized carbons (Fsp3) is 1.00. The molecule has 0 aliphatic carbocycles. The summed E-state index contributed by atoms with van der Waals surface area (Å²) in [6.45, 7) is 11.4. The van der Waals surface area contributed by atoms with Crippen molar-refractivity contribution < 1.29 is 9.47 Å². The van der Waals surface area contributed by atoms with E-state index >= 15 is 0 Å².